The van der Waals surface area contributed by atoms with E-state index in [0.717, 1.165) is 0 Å². The molecule has 7 nitrogen and oxygen atoms in total. The minimum absolute atomic E-state index is 0.0500. The highest BCUT2D eigenvalue weighted by Crippen LogP contribution is 2.20. The average Bonchev–Trinajstić information content (AvgIpc) is 2.94. The number of nitrogens with one attached hydrogen (secondary N) is 1. The number of aryl methyl sites for hydroxylation is 1. The van der Waals surface area contributed by atoms with E-state index in [2.05, 4.69) is 9.72 Å². The van der Waals surface area contributed by atoms with Crippen LogP contribution in [0.15, 0.2) is 24.3 Å². The molecule has 0 atom stereocenters. The summed E-state index contributed by atoms with van der Waals surface area (Å²) in [6.07, 6.45) is 0. The van der Waals surface area contributed by atoms with E-state index in [1.807, 2.05) is 0 Å². The normalized spacial score (nSPS) is 10.6. The molecule has 0 saturated carbocycles. The van der Waals surface area contributed by atoms with Gasteiger partial charge in [0, 0.05) is 11.3 Å². The number of hydrogen-bond acceptors (Lipinski definition) is 6. The van der Waals surface area contributed by atoms with E-state index in [4.69, 9.17) is 9.47 Å². The van der Waals surface area contributed by atoms with E-state index in [1.165, 1.54) is 24.3 Å². The van der Waals surface area contributed by atoms with Crippen molar-refractivity contribution in [2.24, 2.45) is 0 Å². The third kappa shape index (κ3) is 4.93. The lowest BCUT2D eigenvalue weighted by Crippen LogP contribution is -2.15. The molecule has 0 fully saturated rings. The van der Waals surface area contributed by atoms with Gasteiger partial charge in [0.1, 0.15) is 11.4 Å². The number of aromatic amines is 1. The molecule has 0 unspecified atom stereocenters. The molecule has 0 bridgehead atoms. The van der Waals surface area contributed by atoms with Crippen molar-refractivity contribution in [3.05, 3.63) is 52.3 Å². The molecule has 0 amide bonds. The van der Waals surface area contributed by atoms with Crippen molar-refractivity contribution in [3.8, 4) is 5.75 Å². The molecule has 1 aromatic carbocycles. The van der Waals surface area contributed by atoms with Crippen molar-refractivity contribution >= 4 is 17.7 Å². The van der Waals surface area contributed by atoms with E-state index in [1.54, 1.807) is 20.8 Å². The first-order valence-electron chi connectivity index (χ1n) is 8.36. The second kappa shape index (κ2) is 9.12. The van der Waals surface area contributed by atoms with Crippen LogP contribution in [-0.4, -0.2) is 42.5 Å². The molecule has 0 spiro atoms. The van der Waals surface area contributed by atoms with Crippen molar-refractivity contribution < 1.29 is 37.4 Å². The fourth-order valence-electron chi connectivity index (χ4n) is 2.57. The molecule has 1 aromatic heterocycles. The van der Waals surface area contributed by atoms with Gasteiger partial charge in [0.2, 0.25) is 0 Å². The Morgan fingerprint density at radius 2 is 1.68 bits per heavy atom. The quantitative estimate of drug-likeness (QED) is 0.543. The first-order valence-corrected chi connectivity index (χ1v) is 8.36. The van der Waals surface area contributed by atoms with Gasteiger partial charge >= 0.3 is 18.6 Å². The zero-order valence-corrected chi connectivity index (χ0v) is 15.5. The van der Waals surface area contributed by atoms with Gasteiger partial charge in [-0.05, 0) is 50.6 Å². The zero-order chi connectivity index (χ0) is 20.8. The van der Waals surface area contributed by atoms with Gasteiger partial charge in [-0.2, -0.15) is 8.78 Å². The summed E-state index contributed by atoms with van der Waals surface area (Å²) in [5.41, 5.74) is 1.27. The Labute approximate surface area is 159 Å². The third-order valence-corrected chi connectivity index (χ3v) is 3.86. The summed E-state index contributed by atoms with van der Waals surface area (Å²) >= 11 is 0. The predicted molar refractivity (Wildman–Crippen MR) is 93.9 cm³/mol. The van der Waals surface area contributed by atoms with Gasteiger partial charge in [-0.3, -0.25) is 4.79 Å². The third-order valence-electron chi connectivity index (χ3n) is 3.86. The number of esters is 2. The summed E-state index contributed by atoms with van der Waals surface area (Å²) in [4.78, 5) is 39.1. The number of alkyl halides is 2. The molecule has 9 heteroatoms. The topological polar surface area (TPSA) is 94.7 Å². The molecule has 28 heavy (non-hydrogen) atoms. The van der Waals surface area contributed by atoms with Crippen molar-refractivity contribution in [1.29, 1.82) is 0 Å². The molecule has 0 radical (unpaired) electrons. The number of rotatable bonds is 8. The van der Waals surface area contributed by atoms with Crippen molar-refractivity contribution in [1.82, 2.24) is 4.98 Å². The Morgan fingerprint density at radius 3 is 2.25 bits per heavy atom. The molecule has 0 aliphatic carbocycles. The molecular formula is C19H19F2NO6. The van der Waals surface area contributed by atoms with E-state index >= 15 is 0 Å². The smallest absolute Gasteiger partial charge is 0.387 e. The summed E-state index contributed by atoms with van der Waals surface area (Å²) in [7, 11) is 0. The summed E-state index contributed by atoms with van der Waals surface area (Å²) in [6.45, 7) is 1.52. The van der Waals surface area contributed by atoms with Gasteiger partial charge in [-0.25, -0.2) is 9.59 Å². The summed E-state index contributed by atoms with van der Waals surface area (Å²) in [5, 5.41) is 0. The predicted octanol–water partition coefficient (Wildman–Crippen LogP) is 3.45. The maximum absolute atomic E-state index is 12.3. The number of ether oxygens (including phenoxy) is 3. The van der Waals surface area contributed by atoms with Crippen LogP contribution < -0.4 is 4.74 Å². The zero-order valence-electron chi connectivity index (χ0n) is 15.5. The number of aromatic nitrogens is 1. The minimum atomic E-state index is -2.96. The maximum Gasteiger partial charge on any atom is 0.387 e. The Hall–Kier alpha value is -3.23. The van der Waals surface area contributed by atoms with Crippen LogP contribution in [0.3, 0.4) is 0 Å². The summed E-state index contributed by atoms with van der Waals surface area (Å²) in [6, 6.07) is 5.00. The summed E-state index contributed by atoms with van der Waals surface area (Å²) < 4.78 is 38.4. The lowest BCUT2D eigenvalue weighted by Gasteiger charge is -2.06. The molecular weight excluding hydrogens is 376 g/mol. The number of ketones is 1. The van der Waals surface area contributed by atoms with Gasteiger partial charge in [-0.1, -0.05) is 0 Å². The Morgan fingerprint density at radius 1 is 1.04 bits per heavy atom. The van der Waals surface area contributed by atoms with Crippen molar-refractivity contribution in [2.45, 2.75) is 27.4 Å². The van der Waals surface area contributed by atoms with Crippen LogP contribution in [0, 0.1) is 13.8 Å². The van der Waals surface area contributed by atoms with Gasteiger partial charge in [-0.15, -0.1) is 0 Å². The first kappa shape index (κ1) is 21.1. The molecule has 2 rings (SSSR count). The fraction of sp³-hybridized carbons (Fsp3) is 0.316. The molecule has 0 aliphatic heterocycles. The van der Waals surface area contributed by atoms with Crippen LogP contribution in [0.2, 0.25) is 0 Å². The van der Waals surface area contributed by atoms with Gasteiger partial charge in [0.25, 0.3) is 0 Å². The van der Waals surface area contributed by atoms with Crippen LogP contribution in [0.25, 0.3) is 0 Å². The highest BCUT2D eigenvalue weighted by Gasteiger charge is 2.24. The minimum Gasteiger partial charge on any atom is -0.462 e. The highest BCUT2D eigenvalue weighted by molar-refractivity contribution is 6.01. The average molecular weight is 395 g/mol. The second-order valence-electron chi connectivity index (χ2n) is 5.75. The SMILES string of the molecule is CCOC(=O)c1c(C)[nH]c(C(=O)OCC(=O)c2ccc(OC(F)F)cc2)c1C. The van der Waals surface area contributed by atoms with Crippen LogP contribution in [0.4, 0.5) is 8.78 Å². The lowest BCUT2D eigenvalue weighted by molar-refractivity contribution is -0.0498. The molecule has 150 valence electrons. The number of hydrogen-bond donors (Lipinski definition) is 1. The number of benzene rings is 1. The van der Waals surface area contributed by atoms with E-state index < -0.39 is 30.9 Å². The van der Waals surface area contributed by atoms with E-state index in [0.29, 0.717) is 11.3 Å². The first-order chi connectivity index (χ1) is 13.2. The Balaban J connectivity index is 2.03. The number of carbonyl (C=O) groups excluding carboxylic acids is 3. The largest absolute Gasteiger partial charge is 0.462 e. The maximum atomic E-state index is 12.3. The molecule has 0 aliphatic rings. The number of halogens is 2. The number of H-pyrrole nitrogens is 1. The van der Waals surface area contributed by atoms with Gasteiger partial charge in [0.05, 0.1) is 12.2 Å². The van der Waals surface area contributed by atoms with Gasteiger partial charge in [0.15, 0.2) is 12.4 Å². The monoisotopic (exact) mass is 395 g/mol. The van der Waals surface area contributed by atoms with Crippen LogP contribution in [0.1, 0.15) is 49.4 Å². The number of Topliss-reactive ketones (excluding diaryl/α,β-unsaturated/α-hetero) is 1. The van der Waals surface area contributed by atoms with Crippen LogP contribution in [0.5, 0.6) is 5.75 Å². The Kier molecular flexibility index (Phi) is 6.86. The van der Waals surface area contributed by atoms with Crippen LogP contribution >= 0.6 is 0 Å². The molecule has 1 heterocycles. The number of carbonyl (C=O) groups is 3. The molecule has 2 aromatic rings. The standard InChI is InChI=1S/C19H19F2NO6/c1-4-26-17(24)15-10(2)16(22-11(15)3)18(25)27-9-14(23)12-5-7-13(8-6-12)28-19(20)21/h5-8,19,22H,4,9H2,1-3H3. The fourth-order valence-corrected chi connectivity index (χ4v) is 2.57. The molecule has 0 saturated heterocycles. The van der Waals surface area contributed by atoms with E-state index in [-0.39, 0.29) is 29.2 Å². The lowest BCUT2D eigenvalue weighted by atomic mass is 10.1. The molecule has 1 N–H and O–H groups in total. The highest BCUT2D eigenvalue weighted by atomic mass is 19.3. The van der Waals surface area contributed by atoms with Crippen molar-refractivity contribution in [3.63, 3.8) is 0 Å². The van der Waals surface area contributed by atoms with Crippen LogP contribution in [-0.2, 0) is 9.47 Å². The van der Waals surface area contributed by atoms with Crippen molar-refractivity contribution in [2.75, 3.05) is 13.2 Å². The second-order valence-corrected chi connectivity index (χ2v) is 5.75. The Bertz CT molecular complexity index is 873. The van der Waals surface area contributed by atoms with Gasteiger partial charge < -0.3 is 19.2 Å². The van der Waals surface area contributed by atoms with E-state index in [9.17, 15) is 23.2 Å². The summed E-state index contributed by atoms with van der Waals surface area (Å²) in [5.74, 6) is -1.98.